The summed E-state index contributed by atoms with van der Waals surface area (Å²) in [5.41, 5.74) is 5.36. The number of amides is 1. The Labute approximate surface area is 143 Å². The molecule has 2 aliphatic rings. The fourth-order valence-corrected chi connectivity index (χ4v) is 4.03. The first kappa shape index (κ1) is 15.4. The Balaban J connectivity index is 1.42. The van der Waals surface area contributed by atoms with E-state index in [0.29, 0.717) is 0 Å². The molecule has 126 valence electrons. The second kappa shape index (κ2) is 6.42. The lowest BCUT2D eigenvalue weighted by molar-refractivity contribution is -0.126. The zero-order chi connectivity index (χ0) is 16.5. The fourth-order valence-electron chi connectivity index (χ4n) is 4.03. The van der Waals surface area contributed by atoms with Gasteiger partial charge >= 0.3 is 0 Å². The van der Waals surface area contributed by atoms with Gasteiger partial charge in [0.1, 0.15) is 0 Å². The molecule has 4 heteroatoms. The first-order valence-electron chi connectivity index (χ1n) is 9.12. The molecule has 0 unspecified atom stereocenters. The van der Waals surface area contributed by atoms with Gasteiger partial charge in [0.05, 0.1) is 12.4 Å². The molecule has 2 heterocycles. The molecule has 0 bridgehead atoms. The number of imidazole rings is 1. The Hall–Kier alpha value is -2.10. The van der Waals surface area contributed by atoms with Gasteiger partial charge in [-0.1, -0.05) is 18.2 Å². The van der Waals surface area contributed by atoms with E-state index < -0.39 is 0 Å². The third-order valence-corrected chi connectivity index (χ3v) is 5.57. The van der Waals surface area contributed by atoms with E-state index in [9.17, 15) is 4.79 Å². The second-order valence-corrected chi connectivity index (χ2v) is 7.23. The lowest BCUT2D eigenvalue weighted by Gasteiger charge is -2.25. The summed E-state index contributed by atoms with van der Waals surface area (Å²) < 4.78 is 2.15. The van der Waals surface area contributed by atoms with Crippen LogP contribution in [0.2, 0.25) is 0 Å². The second-order valence-electron chi connectivity index (χ2n) is 7.23. The molecular weight excluding hydrogens is 298 g/mol. The summed E-state index contributed by atoms with van der Waals surface area (Å²) in [6.07, 6.45) is 10.4. The largest absolute Gasteiger partial charge is 0.349 e. The Morgan fingerprint density at radius 2 is 2.12 bits per heavy atom. The molecule has 0 spiro atoms. The maximum atomic E-state index is 12.7. The molecule has 2 atom stereocenters. The molecule has 1 aliphatic carbocycles. The summed E-state index contributed by atoms with van der Waals surface area (Å²) in [6, 6.07) is 6.81. The molecule has 1 amide bonds. The normalized spacial score (nSPS) is 20.8. The van der Waals surface area contributed by atoms with Gasteiger partial charge in [-0.25, -0.2) is 4.98 Å². The molecule has 4 nitrogen and oxygen atoms in total. The number of aryl methyl sites for hydroxylation is 3. The number of nitrogens with zero attached hydrogens (tertiary/aromatic N) is 2. The van der Waals surface area contributed by atoms with Gasteiger partial charge in [0.2, 0.25) is 5.91 Å². The van der Waals surface area contributed by atoms with Crippen LogP contribution < -0.4 is 5.32 Å². The van der Waals surface area contributed by atoms with Gasteiger partial charge < -0.3 is 9.88 Å². The van der Waals surface area contributed by atoms with Gasteiger partial charge in [0.25, 0.3) is 0 Å². The van der Waals surface area contributed by atoms with Crippen LogP contribution in [0.5, 0.6) is 0 Å². The van der Waals surface area contributed by atoms with Crippen LogP contribution in [0.4, 0.5) is 0 Å². The Bertz CT molecular complexity index is 749. The van der Waals surface area contributed by atoms with E-state index in [4.69, 9.17) is 0 Å². The SMILES string of the molecule is C[C@H](NC(=O)[C@H]1CCn2cncc2C1)c1ccc2c(c1)CCCC2. The third kappa shape index (κ3) is 2.97. The van der Waals surface area contributed by atoms with Crippen molar-refractivity contribution in [2.75, 3.05) is 0 Å². The Morgan fingerprint density at radius 1 is 1.29 bits per heavy atom. The zero-order valence-corrected chi connectivity index (χ0v) is 14.3. The van der Waals surface area contributed by atoms with Gasteiger partial charge in [-0.05, 0) is 55.7 Å². The van der Waals surface area contributed by atoms with E-state index in [0.717, 1.165) is 19.4 Å². The number of benzene rings is 1. The minimum atomic E-state index is 0.0641. The summed E-state index contributed by atoms with van der Waals surface area (Å²) >= 11 is 0. The van der Waals surface area contributed by atoms with Crippen LogP contribution in [-0.2, 0) is 30.6 Å². The predicted molar refractivity (Wildman–Crippen MR) is 93.7 cm³/mol. The highest BCUT2D eigenvalue weighted by Crippen LogP contribution is 2.26. The molecule has 0 saturated heterocycles. The monoisotopic (exact) mass is 323 g/mol. The Kier molecular flexibility index (Phi) is 4.13. The van der Waals surface area contributed by atoms with Gasteiger partial charge in [-0.15, -0.1) is 0 Å². The van der Waals surface area contributed by atoms with Crippen molar-refractivity contribution >= 4 is 5.91 Å². The summed E-state index contributed by atoms with van der Waals surface area (Å²) in [5.74, 6) is 0.238. The van der Waals surface area contributed by atoms with Crippen LogP contribution >= 0.6 is 0 Å². The van der Waals surface area contributed by atoms with Crippen molar-refractivity contribution in [1.29, 1.82) is 0 Å². The molecule has 4 rings (SSSR count). The average Bonchev–Trinajstić information content (AvgIpc) is 3.08. The maximum absolute atomic E-state index is 12.7. The summed E-state index contributed by atoms with van der Waals surface area (Å²) in [7, 11) is 0. The standard InChI is InChI=1S/C20H25N3O/c1-14(16-7-6-15-4-2-3-5-17(15)10-16)22-20(24)18-8-9-23-13-21-12-19(23)11-18/h6-7,10,12-14,18H,2-5,8-9,11H2,1H3,(H,22,24)/t14-,18-/m0/s1. The van der Waals surface area contributed by atoms with Crippen molar-refractivity contribution in [3.05, 3.63) is 53.1 Å². The van der Waals surface area contributed by atoms with Crippen molar-refractivity contribution in [3.8, 4) is 0 Å². The molecule has 1 aromatic carbocycles. The first-order valence-corrected chi connectivity index (χ1v) is 9.12. The van der Waals surface area contributed by atoms with Crippen molar-refractivity contribution in [3.63, 3.8) is 0 Å². The smallest absolute Gasteiger partial charge is 0.224 e. The Morgan fingerprint density at radius 3 is 3.00 bits per heavy atom. The number of fused-ring (bicyclic) bond motifs is 2. The van der Waals surface area contributed by atoms with Gasteiger partial charge in [-0.2, -0.15) is 0 Å². The van der Waals surface area contributed by atoms with E-state index >= 15 is 0 Å². The van der Waals surface area contributed by atoms with Crippen LogP contribution in [0.15, 0.2) is 30.7 Å². The lowest BCUT2D eigenvalue weighted by atomic mass is 9.89. The van der Waals surface area contributed by atoms with Crippen LogP contribution in [0.3, 0.4) is 0 Å². The quantitative estimate of drug-likeness (QED) is 0.943. The number of nitrogens with one attached hydrogen (secondary N) is 1. The van der Waals surface area contributed by atoms with E-state index in [2.05, 4.69) is 40.0 Å². The predicted octanol–water partition coefficient (Wildman–Crippen LogP) is 3.20. The number of carbonyl (C=O) groups excluding carboxylic acids is 1. The number of carbonyl (C=O) groups is 1. The van der Waals surface area contributed by atoms with Gasteiger partial charge in [0, 0.05) is 30.8 Å². The molecule has 1 aliphatic heterocycles. The van der Waals surface area contributed by atoms with E-state index in [1.807, 2.05) is 12.5 Å². The molecule has 1 N–H and O–H groups in total. The maximum Gasteiger partial charge on any atom is 0.224 e. The molecular formula is C20H25N3O. The van der Waals surface area contributed by atoms with Crippen molar-refractivity contribution in [1.82, 2.24) is 14.9 Å². The molecule has 2 aromatic rings. The molecule has 0 saturated carbocycles. The average molecular weight is 323 g/mol. The van der Waals surface area contributed by atoms with E-state index in [-0.39, 0.29) is 17.9 Å². The fraction of sp³-hybridized carbons (Fsp3) is 0.500. The summed E-state index contributed by atoms with van der Waals surface area (Å²) in [5, 5.41) is 3.23. The minimum absolute atomic E-state index is 0.0641. The molecule has 0 radical (unpaired) electrons. The van der Waals surface area contributed by atoms with Crippen LogP contribution in [-0.4, -0.2) is 15.5 Å². The zero-order valence-electron chi connectivity index (χ0n) is 14.3. The van der Waals surface area contributed by atoms with Gasteiger partial charge in [-0.3, -0.25) is 4.79 Å². The van der Waals surface area contributed by atoms with Crippen molar-refractivity contribution in [2.45, 2.75) is 58.0 Å². The van der Waals surface area contributed by atoms with Crippen LogP contribution in [0.25, 0.3) is 0 Å². The number of hydrogen-bond acceptors (Lipinski definition) is 2. The van der Waals surface area contributed by atoms with E-state index in [1.54, 1.807) is 0 Å². The number of rotatable bonds is 3. The summed E-state index contributed by atoms with van der Waals surface area (Å²) in [4.78, 5) is 16.8. The molecule has 24 heavy (non-hydrogen) atoms. The van der Waals surface area contributed by atoms with Crippen LogP contribution in [0.1, 0.15) is 54.6 Å². The first-order chi connectivity index (χ1) is 11.7. The minimum Gasteiger partial charge on any atom is -0.349 e. The highest BCUT2D eigenvalue weighted by Gasteiger charge is 2.26. The topological polar surface area (TPSA) is 46.9 Å². The third-order valence-electron chi connectivity index (χ3n) is 5.57. The van der Waals surface area contributed by atoms with Crippen molar-refractivity contribution < 1.29 is 4.79 Å². The molecule has 0 fully saturated rings. The number of aromatic nitrogens is 2. The summed E-state index contributed by atoms with van der Waals surface area (Å²) in [6.45, 7) is 2.98. The van der Waals surface area contributed by atoms with Gasteiger partial charge in [0.15, 0.2) is 0 Å². The van der Waals surface area contributed by atoms with Crippen LogP contribution in [0, 0.1) is 5.92 Å². The molecule has 1 aromatic heterocycles. The highest BCUT2D eigenvalue weighted by molar-refractivity contribution is 5.79. The highest BCUT2D eigenvalue weighted by atomic mass is 16.1. The lowest BCUT2D eigenvalue weighted by Crippen LogP contribution is -2.36. The number of hydrogen-bond donors (Lipinski definition) is 1. The van der Waals surface area contributed by atoms with E-state index in [1.165, 1.54) is 48.1 Å². The van der Waals surface area contributed by atoms with Crippen molar-refractivity contribution in [2.24, 2.45) is 5.92 Å².